The average Bonchev–Trinajstić information content (AvgIpc) is 3.13. The molecule has 3 heteroatoms. The van der Waals surface area contributed by atoms with E-state index >= 15 is 0 Å². The second kappa shape index (κ2) is 4.02. The summed E-state index contributed by atoms with van der Waals surface area (Å²) in [7, 11) is 0. The van der Waals surface area contributed by atoms with Gasteiger partial charge in [-0.1, -0.05) is 18.2 Å². The van der Waals surface area contributed by atoms with Gasteiger partial charge in [0.2, 0.25) is 0 Å². The molecule has 0 N–H and O–H groups in total. The van der Waals surface area contributed by atoms with E-state index in [1.807, 2.05) is 18.2 Å². The number of fused-ring (bicyclic) bond motifs is 1. The van der Waals surface area contributed by atoms with Gasteiger partial charge in [-0.25, -0.2) is 9.97 Å². The van der Waals surface area contributed by atoms with Crippen LogP contribution in [0.15, 0.2) is 30.6 Å². The largest absolute Gasteiger partial charge is 0.241 e. The zero-order valence-electron chi connectivity index (χ0n) is 8.94. The van der Waals surface area contributed by atoms with Crippen molar-refractivity contribution in [1.29, 1.82) is 0 Å². The molecule has 82 valence electrons. The van der Waals surface area contributed by atoms with Crippen LogP contribution in [0, 0.1) is 5.92 Å². The summed E-state index contributed by atoms with van der Waals surface area (Å²) in [6.07, 6.45) is 5.04. The van der Waals surface area contributed by atoms with Gasteiger partial charge < -0.3 is 0 Å². The van der Waals surface area contributed by atoms with Crippen molar-refractivity contribution in [3.63, 3.8) is 0 Å². The third-order valence-electron chi connectivity index (χ3n) is 3.15. The number of alkyl halides is 1. The minimum atomic E-state index is 0.235. The topological polar surface area (TPSA) is 25.8 Å². The van der Waals surface area contributed by atoms with Crippen LogP contribution in [0.5, 0.6) is 0 Å². The second-order valence-corrected chi connectivity index (χ2v) is 4.96. The van der Waals surface area contributed by atoms with Gasteiger partial charge in [0.25, 0.3) is 0 Å². The van der Waals surface area contributed by atoms with Crippen LogP contribution in [-0.4, -0.2) is 15.3 Å². The molecule has 0 radical (unpaired) electrons. The molecule has 1 aliphatic carbocycles. The molecule has 1 unspecified atom stereocenters. The molecule has 1 fully saturated rings. The fourth-order valence-corrected chi connectivity index (χ4v) is 2.43. The molecule has 2 aromatic rings. The van der Waals surface area contributed by atoms with Gasteiger partial charge in [0.05, 0.1) is 11.2 Å². The Morgan fingerprint density at radius 2 is 2.06 bits per heavy atom. The molecule has 0 aliphatic heterocycles. The van der Waals surface area contributed by atoms with Crippen LogP contribution in [0.3, 0.4) is 0 Å². The van der Waals surface area contributed by atoms with Crippen molar-refractivity contribution in [2.75, 3.05) is 0 Å². The molecule has 1 heterocycles. The highest BCUT2D eigenvalue weighted by Crippen LogP contribution is 2.37. The molecule has 1 aliphatic rings. The SMILES string of the molecule is ClC(Cc1ncnc2ccccc12)C1CC1. The number of hydrogen-bond acceptors (Lipinski definition) is 2. The molecule has 16 heavy (non-hydrogen) atoms. The predicted molar refractivity (Wildman–Crippen MR) is 65.6 cm³/mol. The third-order valence-corrected chi connectivity index (χ3v) is 3.66. The molecule has 0 spiro atoms. The number of nitrogens with zero attached hydrogens (tertiary/aromatic N) is 2. The van der Waals surface area contributed by atoms with E-state index in [-0.39, 0.29) is 5.38 Å². The molecule has 1 aromatic carbocycles. The summed E-state index contributed by atoms with van der Waals surface area (Å²) in [6.45, 7) is 0. The Labute approximate surface area is 99.7 Å². The van der Waals surface area contributed by atoms with E-state index in [4.69, 9.17) is 11.6 Å². The quantitative estimate of drug-likeness (QED) is 0.760. The second-order valence-electron chi connectivity index (χ2n) is 4.40. The lowest BCUT2D eigenvalue weighted by Crippen LogP contribution is -2.07. The highest BCUT2D eigenvalue weighted by Gasteiger charge is 2.30. The fraction of sp³-hybridized carbons (Fsp3) is 0.385. The van der Waals surface area contributed by atoms with E-state index in [2.05, 4.69) is 16.0 Å². The Balaban J connectivity index is 1.95. The van der Waals surface area contributed by atoms with Crippen LogP contribution in [0.1, 0.15) is 18.5 Å². The lowest BCUT2D eigenvalue weighted by molar-refractivity contribution is 0.727. The van der Waals surface area contributed by atoms with Crippen LogP contribution in [0.2, 0.25) is 0 Å². The standard InChI is InChI=1S/C13H13ClN2/c14-11(9-5-6-9)7-13-10-3-1-2-4-12(10)15-8-16-13/h1-4,8-9,11H,5-7H2. The number of halogens is 1. The van der Waals surface area contributed by atoms with Crippen LogP contribution >= 0.6 is 11.6 Å². The average molecular weight is 233 g/mol. The highest BCUT2D eigenvalue weighted by molar-refractivity contribution is 6.21. The molecular weight excluding hydrogens is 220 g/mol. The van der Waals surface area contributed by atoms with Gasteiger partial charge in [-0.2, -0.15) is 0 Å². The Morgan fingerprint density at radius 3 is 2.88 bits per heavy atom. The van der Waals surface area contributed by atoms with Crippen molar-refractivity contribution in [2.45, 2.75) is 24.6 Å². The van der Waals surface area contributed by atoms with Crippen molar-refractivity contribution < 1.29 is 0 Å². The van der Waals surface area contributed by atoms with Crippen molar-refractivity contribution in [3.05, 3.63) is 36.3 Å². The lowest BCUT2D eigenvalue weighted by Gasteiger charge is -2.08. The summed E-state index contributed by atoms with van der Waals surface area (Å²) in [5.74, 6) is 0.704. The molecule has 1 saturated carbocycles. The van der Waals surface area contributed by atoms with Crippen molar-refractivity contribution in [1.82, 2.24) is 9.97 Å². The van der Waals surface area contributed by atoms with Crippen LogP contribution in [0.25, 0.3) is 10.9 Å². The van der Waals surface area contributed by atoms with Gasteiger partial charge in [-0.05, 0) is 24.8 Å². The lowest BCUT2D eigenvalue weighted by atomic mass is 10.1. The van der Waals surface area contributed by atoms with Gasteiger partial charge >= 0.3 is 0 Å². The molecule has 3 rings (SSSR count). The maximum absolute atomic E-state index is 6.35. The number of para-hydroxylation sites is 1. The number of benzene rings is 1. The summed E-state index contributed by atoms with van der Waals surface area (Å²) in [4.78, 5) is 8.62. The molecule has 2 nitrogen and oxygen atoms in total. The first-order chi connectivity index (χ1) is 7.84. The summed E-state index contributed by atoms with van der Waals surface area (Å²) in [6, 6.07) is 8.11. The van der Waals surface area contributed by atoms with Gasteiger partial charge in [-0.15, -0.1) is 11.6 Å². The summed E-state index contributed by atoms with van der Waals surface area (Å²) in [5, 5.41) is 1.37. The van der Waals surface area contributed by atoms with Gasteiger partial charge in [-0.3, -0.25) is 0 Å². The Morgan fingerprint density at radius 1 is 1.25 bits per heavy atom. The van der Waals surface area contributed by atoms with Crippen LogP contribution in [0.4, 0.5) is 0 Å². The zero-order valence-corrected chi connectivity index (χ0v) is 9.69. The minimum absolute atomic E-state index is 0.235. The summed E-state index contributed by atoms with van der Waals surface area (Å²) in [5.41, 5.74) is 2.09. The summed E-state index contributed by atoms with van der Waals surface area (Å²) < 4.78 is 0. The Hall–Kier alpha value is -1.15. The monoisotopic (exact) mass is 232 g/mol. The number of rotatable bonds is 3. The predicted octanol–water partition coefficient (Wildman–Crippen LogP) is 3.19. The Kier molecular flexibility index (Phi) is 2.52. The molecule has 1 aromatic heterocycles. The van der Waals surface area contributed by atoms with Crippen LogP contribution < -0.4 is 0 Å². The first kappa shape index (κ1) is 10.0. The first-order valence-electron chi connectivity index (χ1n) is 5.67. The van der Waals surface area contributed by atoms with Crippen molar-refractivity contribution in [3.8, 4) is 0 Å². The van der Waals surface area contributed by atoms with E-state index < -0.39 is 0 Å². The first-order valence-corrected chi connectivity index (χ1v) is 6.11. The van der Waals surface area contributed by atoms with Gasteiger partial charge in [0.15, 0.2) is 0 Å². The molecule has 1 atom stereocenters. The van der Waals surface area contributed by atoms with E-state index in [1.54, 1.807) is 6.33 Å². The van der Waals surface area contributed by atoms with Crippen LogP contribution in [-0.2, 0) is 6.42 Å². The van der Waals surface area contributed by atoms with Gasteiger partial charge in [0, 0.05) is 17.2 Å². The normalized spacial score (nSPS) is 17.6. The fourth-order valence-electron chi connectivity index (χ4n) is 2.03. The third kappa shape index (κ3) is 1.90. The molecule has 0 amide bonds. The van der Waals surface area contributed by atoms with Crippen molar-refractivity contribution in [2.24, 2.45) is 5.92 Å². The molecule has 0 bridgehead atoms. The van der Waals surface area contributed by atoms with E-state index in [9.17, 15) is 0 Å². The van der Waals surface area contributed by atoms with Gasteiger partial charge in [0.1, 0.15) is 6.33 Å². The number of aromatic nitrogens is 2. The van der Waals surface area contributed by atoms with E-state index in [0.29, 0.717) is 5.92 Å². The molecular formula is C13H13ClN2. The van der Waals surface area contributed by atoms with E-state index in [0.717, 1.165) is 23.0 Å². The Bertz CT molecular complexity index is 503. The number of hydrogen-bond donors (Lipinski definition) is 0. The van der Waals surface area contributed by atoms with Crippen molar-refractivity contribution >= 4 is 22.5 Å². The smallest absolute Gasteiger partial charge is 0.116 e. The maximum atomic E-state index is 6.35. The summed E-state index contributed by atoms with van der Waals surface area (Å²) >= 11 is 6.35. The van der Waals surface area contributed by atoms with E-state index in [1.165, 1.54) is 12.8 Å². The minimum Gasteiger partial charge on any atom is -0.241 e. The highest BCUT2D eigenvalue weighted by atomic mass is 35.5. The molecule has 0 saturated heterocycles. The zero-order chi connectivity index (χ0) is 11.0. The maximum Gasteiger partial charge on any atom is 0.116 e.